The molecule has 1 aromatic rings. The van der Waals surface area contributed by atoms with Gasteiger partial charge in [0.15, 0.2) is 0 Å². The molecular weight excluding hydrogens is 278 g/mol. The van der Waals surface area contributed by atoms with Crippen LogP contribution in [0.4, 0.5) is 5.69 Å². The standard InChI is InChI=1S/C15H22ClNO3/c1-4-10-20-14(16)15(18)17(11-19-5-2)13-9-7-6-8-12(13)3/h6-9,14H,4-5,10-11H2,1-3H3. The third-order valence-corrected chi connectivity index (χ3v) is 3.07. The number of rotatable bonds is 8. The van der Waals surface area contributed by atoms with Crippen LogP contribution in [-0.4, -0.2) is 31.4 Å². The molecule has 5 heteroatoms. The van der Waals surface area contributed by atoms with Crippen molar-refractivity contribution in [1.29, 1.82) is 0 Å². The molecule has 1 unspecified atom stereocenters. The number of ether oxygens (including phenoxy) is 2. The lowest BCUT2D eigenvalue weighted by atomic mass is 10.2. The van der Waals surface area contributed by atoms with Gasteiger partial charge in [0.2, 0.25) is 5.56 Å². The molecule has 0 spiro atoms. The second kappa shape index (κ2) is 8.95. The van der Waals surface area contributed by atoms with E-state index < -0.39 is 5.56 Å². The SMILES string of the molecule is CCCOC(Cl)C(=O)N(COCC)c1ccccc1C. The van der Waals surface area contributed by atoms with E-state index in [-0.39, 0.29) is 12.6 Å². The van der Waals surface area contributed by atoms with Crippen molar-refractivity contribution in [2.24, 2.45) is 0 Å². The van der Waals surface area contributed by atoms with Gasteiger partial charge < -0.3 is 9.47 Å². The van der Waals surface area contributed by atoms with Crippen molar-refractivity contribution >= 4 is 23.2 Å². The number of aryl methyl sites for hydroxylation is 1. The van der Waals surface area contributed by atoms with Crippen molar-refractivity contribution in [1.82, 2.24) is 0 Å². The van der Waals surface area contributed by atoms with E-state index in [0.717, 1.165) is 17.7 Å². The topological polar surface area (TPSA) is 38.8 Å². The Morgan fingerprint density at radius 2 is 2.05 bits per heavy atom. The van der Waals surface area contributed by atoms with E-state index in [1.165, 1.54) is 4.90 Å². The summed E-state index contributed by atoms with van der Waals surface area (Å²) in [5, 5.41) is 0. The number of nitrogens with zero attached hydrogens (tertiary/aromatic N) is 1. The van der Waals surface area contributed by atoms with E-state index in [1.54, 1.807) is 0 Å². The zero-order valence-corrected chi connectivity index (χ0v) is 13.0. The molecule has 0 aliphatic carbocycles. The first-order chi connectivity index (χ1) is 9.61. The van der Waals surface area contributed by atoms with Gasteiger partial charge in [-0.25, -0.2) is 0 Å². The highest BCUT2D eigenvalue weighted by Gasteiger charge is 2.25. The van der Waals surface area contributed by atoms with Crippen LogP contribution in [0.15, 0.2) is 24.3 Å². The smallest absolute Gasteiger partial charge is 0.273 e. The van der Waals surface area contributed by atoms with E-state index in [2.05, 4.69) is 0 Å². The zero-order valence-electron chi connectivity index (χ0n) is 12.3. The molecule has 0 N–H and O–H groups in total. The molecule has 1 aromatic carbocycles. The van der Waals surface area contributed by atoms with Crippen LogP contribution in [0.25, 0.3) is 0 Å². The van der Waals surface area contributed by atoms with Gasteiger partial charge in [0.25, 0.3) is 5.91 Å². The fourth-order valence-corrected chi connectivity index (χ4v) is 1.92. The average molecular weight is 300 g/mol. The number of alkyl halides is 1. The van der Waals surface area contributed by atoms with Crippen LogP contribution >= 0.6 is 11.6 Å². The second-order valence-electron chi connectivity index (χ2n) is 4.36. The minimum Gasteiger partial charge on any atom is -0.361 e. The summed E-state index contributed by atoms with van der Waals surface area (Å²) in [6, 6.07) is 7.62. The second-order valence-corrected chi connectivity index (χ2v) is 4.76. The lowest BCUT2D eigenvalue weighted by molar-refractivity contribution is -0.126. The van der Waals surface area contributed by atoms with Gasteiger partial charge in [-0.1, -0.05) is 36.7 Å². The molecule has 1 rings (SSSR count). The highest BCUT2D eigenvalue weighted by Crippen LogP contribution is 2.21. The summed E-state index contributed by atoms with van der Waals surface area (Å²) in [6.07, 6.45) is 0.812. The number of hydrogen-bond acceptors (Lipinski definition) is 3. The van der Waals surface area contributed by atoms with E-state index >= 15 is 0 Å². The number of benzene rings is 1. The Morgan fingerprint density at radius 1 is 1.35 bits per heavy atom. The van der Waals surface area contributed by atoms with Crippen molar-refractivity contribution in [2.45, 2.75) is 32.8 Å². The number of carbonyl (C=O) groups is 1. The normalized spacial score (nSPS) is 12.2. The van der Waals surface area contributed by atoms with Gasteiger partial charge >= 0.3 is 0 Å². The molecule has 0 aromatic heterocycles. The maximum Gasteiger partial charge on any atom is 0.273 e. The molecule has 20 heavy (non-hydrogen) atoms. The first-order valence-corrected chi connectivity index (χ1v) is 7.25. The molecule has 0 aliphatic heterocycles. The summed E-state index contributed by atoms with van der Waals surface area (Å²) >= 11 is 6.02. The summed E-state index contributed by atoms with van der Waals surface area (Å²) in [5.41, 5.74) is 0.784. The Balaban J connectivity index is 2.88. The lowest BCUT2D eigenvalue weighted by Crippen LogP contribution is -2.40. The third-order valence-electron chi connectivity index (χ3n) is 2.76. The number of hydrogen-bond donors (Lipinski definition) is 0. The predicted octanol–water partition coefficient (Wildman–Crippen LogP) is 3.31. The quantitative estimate of drug-likeness (QED) is 0.546. The van der Waals surface area contributed by atoms with Crippen LogP contribution in [0.1, 0.15) is 25.8 Å². The van der Waals surface area contributed by atoms with Gasteiger partial charge in [0.1, 0.15) is 6.73 Å². The van der Waals surface area contributed by atoms with Crippen LogP contribution in [0.5, 0.6) is 0 Å². The number of anilines is 1. The highest BCUT2D eigenvalue weighted by atomic mass is 35.5. The Hall–Kier alpha value is -1.10. The van der Waals surface area contributed by atoms with Crippen molar-refractivity contribution in [3.8, 4) is 0 Å². The van der Waals surface area contributed by atoms with Gasteiger partial charge in [0, 0.05) is 18.9 Å². The molecule has 1 amide bonds. The Bertz CT molecular complexity index is 425. The molecule has 112 valence electrons. The number of para-hydroxylation sites is 1. The average Bonchev–Trinajstić information content (AvgIpc) is 2.46. The Kier molecular flexibility index (Phi) is 7.59. The fraction of sp³-hybridized carbons (Fsp3) is 0.533. The zero-order chi connectivity index (χ0) is 15.0. The summed E-state index contributed by atoms with van der Waals surface area (Å²) < 4.78 is 10.7. The molecule has 1 atom stereocenters. The molecule has 0 heterocycles. The molecule has 0 radical (unpaired) electrons. The molecule has 4 nitrogen and oxygen atoms in total. The van der Waals surface area contributed by atoms with E-state index in [0.29, 0.717) is 13.2 Å². The van der Waals surface area contributed by atoms with Crippen LogP contribution in [-0.2, 0) is 14.3 Å². The molecule has 0 saturated carbocycles. The molecule has 0 bridgehead atoms. The summed E-state index contributed by atoms with van der Waals surface area (Å²) in [6.45, 7) is 6.94. The van der Waals surface area contributed by atoms with Crippen molar-refractivity contribution in [3.05, 3.63) is 29.8 Å². The lowest BCUT2D eigenvalue weighted by Gasteiger charge is -2.26. The molecule has 0 saturated heterocycles. The largest absolute Gasteiger partial charge is 0.361 e. The minimum atomic E-state index is -0.991. The maximum absolute atomic E-state index is 12.4. The minimum absolute atomic E-state index is 0.166. The summed E-state index contributed by atoms with van der Waals surface area (Å²) in [4.78, 5) is 13.9. The maximum atomic E-state index is 12.4. The van der Waals surface area contributed by atoms with Gasteiger partial charge in [-0.2, -0.15) is 0 Å². The van der Waals surface area contributed by atoms with Crippen LogP contribution < -0.4 is 4.90 Å². The molecular formula is C15H22ClNO3. The monoisotopic (exact) mass is 299 g/mol. The van der Waals surface area contributed by atoms with Crippen LogP contribution in [0, 0.1) is 6.92 Å². The van der Waals surface area contributed by atoms with Gasteiger partial charge in [-0.15, -0.1) is 0 Å². The Morgan fingerprint density at radius 3 is 2.65 bits per heavy atom. The van der Waals surface area contributed by atoms with E-state index in [1.807, 2.05) is 45.0 Å². The van der Waals surface area contributed by atoms with E-state index in [9.17, 15) is 4.79 Å². The van der Waals surface area contributed by atoms with Crippen molar-refractivity contribution in [2.75, 3.05) is 24.8 Å². The summed E-state index contributed by atoms with van der Waals surface area (Å²) in [5.74, 6) is -0.303. The van der Waals surface area contributed by atoms with Crippen molar-refractivity contribution < 1.29 is 14.3 Å². The fourth-order valence-electron chi connectivity index (χ4n) is 1.72. The first kappa shape index (κ1) is 17.0. The van der Waals surface area contributed by atoms with Gasteiger partial charge in [-0.05, 0) is 31.9 Å². The molecule has 0 fully saturated rings. The number of carbonyl (C=O) groups excluding carboxylic acids is 1. The number of amides is 1. The van der Waals surface area contributed by atoms with Gasteiger partial charge in [-0.3, -0.25) is 9.69 Å². The van der Waals surface area contributed by atoms with Crippen LogP contribution in [0.2, 0.25) is 0 Å². The predicted molar refractivity (Wildman–Crippen MR) is 81.0 cm³/mol. The highest BCUT2D eigenvalue weighted by molar-refractivity contribution is 6.31. The van der Waals surface area contributed by atoms with E-state index in [4.69, 9.17) is 21.1 Å². The van der Waals surface area contributed by atoms with Crippen molar-refractivity contribution in [3.63, 3.8) is 0 Å². The third kappa shape index (κ3) is 4.78. The Labute approximate surface area is 125 Å². The number of halogens is 1. The van der Waals surface area contributed by atoms with Gasteiger partial charge in [0.05, 0.1) is 0 Å². The van der Waals surface area contributed by atoms with Crippen LogP contribution in [0.3, 0.4) is 0 Å². The first-order valence-electron chi connectivity index (χ1n) is 6.82. The molecule has 0 aliphatic rings. The summed E-state index contributed by atoms with van der Waals surface area (Å²) in [7, 11) is 0.